The molecule has 0 aromatic heterocycles. The molecule has 0 amide bonds. The molecule has 1 atom stereocenters. The second kappa shape index (κ2) is 11.8. The lowest BCUT2D eigenvalue weighted by Gasteiger charge is -2.29. The van der Waals surface area contributed by atoms with E-state index in [0.29, 0.717) is 23.4 Å². The predicted octanol–water partition coefficient (Wildman–Crippen LogP) is 8.26. The van der Waals surface area contributed by atoms with E-state index < -0.39 is 13.3 Å². The van der Waals surface area contributed by atoms with Gasteiger partial charge in [0.05, 0.1) is 10.6 Å². The highest BCUT2D eigenvalue weighted by Crippen LogP contribution is 2.55. The summed E-state index contributed by atoms with van der Waals surface area (Å²) in [6.45, 7) is 7.70. The molecule has 1 aliphatic rings. The smallest absolute Gasteiger partial charge is 0.338 e. The van der Waals surface area contributed by atoms with Crippen LogP contribution in [0.2, 0.25) is 0 Å². The van der Waals surface area contributed by atoms with Crippen LogP contribution in [-0.2, 0) is 22.4 Å². The monoisotopic (exact) mass is 586 g/mol. The van der Waals surface area contributed by atoms with Crippen molar-refractivity contribution in [2.75, 3.05) is 0 Å². The Hall–Kier alpha value is -4.86. The summed E-state index contributed by atoms with van der Waals surface area (Å²) < 4.78 is 33.1. The van der Waals surface area contributed by atoms with E-state index in [0.717, 1.165) is 34.2 Å². The molecule has 43 heavy (non-hydrogen) atoms. The second-order valence-electron chi connectivity index (χ2n) is 10.5. The fraction of sp³-hybridized carbons (Fsp3) is 0.108. The van der Waals surface area contributed by atoms with Gasteiger partial charge < -0.3 is 14.0 Å². The SMILES string of the molecule is C=C(C)C(=O)Oc1ccc(OCc2ccc(-c3ccc(CC)cc3)cc2)cc1P1(=O)Oc2ccccc2-c2ccccc21. The summed E-state index contributed by atoms with van der Waals surface area (Å²) in [5, 5.41) is 0.772. The fourth-order valence-electron chi connectivity index (χ4n) is 5.08. The molecule has 0 saturated carbocycles. The lowest BCUT2D eigenvalue weighted by atomic mass is 10.0. The van der Waals surface area contributed by atoms with Gasteiger partial charge in [0.2, 0.25) is 0 Å². The van der Waals surface area contributed by atoms with Crippen LogP contribution in [0.4, 0.5) is 0 Å². The Morgan fingerprint density at radius 2 is 1.40 bits per heavy atom. The fourth-order valence-corrected chi connectivity index (χ4v) is 7.47. The molecule has 5 aromatic rings. The van der Waals surface area contributed by atoms with Gasteiger partial charge in [0.15, 0.2) is 0 Å². The number of esters is 1. The molecular formula is C37H31O5P. The van der Waals surface area contributed by atoms with Gasteiger partial charge in [0.25, 0.3) is 0 Å². The van der Waals surface area contributed by atoms with E-state index in [1.165, 1.54) is 5.56 Å². The molecule has 0 bridgehead atoms. The van der Waals surface area contributed by atoms with Crippen molar-refractivity contribution in [1.82, 2.24) is 0 Å². The van der Waals surface area contributed by atoms with Crippen molar-refractivity contribution < 1.29 is 23.4 Å². The Bertz CT molecular complexity index is 1870. The van der Waals surface area contributed by atoms with E-state index in [1.807, 2.05) is 48.5 Å². The first-order valence-electron chi connectivity index (χ1n) is 14.2. The lowest BCUT2D eigenvalue weighted by Crippen LogP contribution is -2.27. The van der Waals surface area contributed by atoms with Gasteiger partial charge in [-0.3, -0.25) is 4.57 Å². The third kappa shape index (κ3) is 5.64. The summed E-state index contributed by atoms with van der Waals surface area (Å²) in [7, 11) is -3.77. The molecule has 5 nitrogen and oxygen atoms in total. The van der Waals surface area contributed by atoms with Crippen LogP contribution in [0.3, 0.4) is 0 Å². The van der Waals surface area contributed by atoms with Crippen LogP contribution in [-0.4, -0.2) is 5.97 Å². The number of aryl methyl sites for hydroxylation is 1. The normalized spacial score (nSPS) is 15.0. The molecule has 5 aromatic carbocycles. The second-order valence-corrected chi connectivity index (χ2v) is 12.7. The van der Waals surface area contributed by atoms with Gasteiger partial charge in [0, 0.05) is 11.1 Å². The number of rotatable bonds is 8. The number of carbonyl (C=O) groups is 1. The van der Waals surface area contributed by atoms with Crippen molar-refractivity contribution in [2.45, 2.75) is 26.9 Å². The average molecular weight is 587 g/mol. The van der Waals surface area contributed by atoms with E-state index in [2.05, 4.69) is 49.9 Å². The molecule has 0 radical (unpaired) electrons. The number of hydrogen-bond donors (Lipinski definition) is 0. The van der Waals surface area contributed by atoms with Gasteiger partial charge in [-0.15, -0.1) is 0 Å². The Morgan fingerprint density at radius 1 is 0.767 bits per heavy atom. The zero-order valence-electron chi connectivity index (χ0n) is 24.1. The lowest BCUT2D eigenvalue weighted by molar-refractivity contribution is -0.130. The molecule has 0 saturated heterocycles. The summed E-state index contributed by atoms with van der Waals surface area (Å²) in [4.78, 5) is 12.6. The average Bonchev–Trinajstić information content (AvgIpc) is 3.04. The Kier molecular flexibility index (Phi) is 7.75. The minimum absolute atomic E-state index is 0.135. The zero-order valence-corrected chi connectivity index (χ0v) is 25.0. The molecule has 6 heteroatoms. The van der Waals surface area contributed by atoms with Crippen LogP contribution in [0, 0.1) is 0 Å². The molecule has 0 aliphatic carbocycles. The van der Waals surface area contributed by atoms with Crippen molar-refractivity contribution in [3.8, 4) is 39.5 Å². The molecule has 6 rings (SSSR count). The van der Waals surface area contributed by atoms with Gasteiger partial charge in [-0.1, -0.05) is 98.4 Å². The van der Waals surface area contributed by atoms with Crippen molar-refractivity contribution in [3.05, 3.63) is 139 Å². The maximum absolute atomic E-state index is 14.9. The van der Waals surface area contributed by atoms with Crippen LogP contribution in [0.15, 0.2) is 127 Å². The largest absolute Gasteiger partial charge is 0.489 e. The predicted molar refractivity (Wildman–Crippen MR) is 172 cm³/mol. The van der Waals surface area contributed by atoms with Crippen LogP contribution >= 0.6 is 7.37 Å². The maximum atomic E-state index is 14.9. The minimum Gasteiger partial charge on any atom is -0.489 e. The first kappa shape index (κ1) is 28.3. The van der Waals surface area contributed by atoms with Gasteiger partial charge in [-0.25, -0.2) is 4.79 Å². The summed E-state index contributed by atoms with van der Waals surface area (Å²) in [5.74, 6) is 0.491. The van der Waals surface area contributed by atoms with E-state index in [4.69, 9.17) is 14.0 Å². The van der Waals surface area contributed by atoms with Gasteiger partial charge in [0.1, 0.15) is 23.9 Å². The number of hydrogen-bond acceptors (Lipinski definition) is 5. The molecular weight excluding hydrogens is 555 g/mol. The highest BCUT2D eigenvalue weighted by atomic mass is 31.2. The van der Waals surface area contributed by atoms with Crippen molar-refractivity contribution in [1.29, 1.82) is 0 Å². The van der Waals surface area contributed by atoms with E-state index in [-0.39, 0.29) is 16.6 Å². The number of benzene rings is 5. The molecule has 1 heterocycles. The Labute approximate surface area is 251 Å². The van der Waals surface area contributed by atoms with Crippen LogP contribution < -0.4 is 24.6 Å². The molecule has 1 unspecified atom stereocenters. The standard InChI is InChI=1S/C37H31O5P/c1-4-26-13-17-28(18-14-26)29-19-15-27(16-20-29)24-40-30-21-22-34(41-37(38)25(2)3)36(23-30)43(39)35-12-8-6-10-32(35)31-9-5-7-11-33(31)42-43/h5-23H,2,4,24H2,1,3H3. The van der Waals surface area contributed by atoms with E-state index in [9.17, 15) is 9.36 Å². The number of ether oxygens (including phenoxy) is 2. The van der Waals surface area contributed by atoms with Gasteiger partial charge in [-0.2, -0.15) is 0 Å². The third-order valence-corrected chi connectivity index (χ3v) is 9.94. The van der Waals surface area contributed by atoms with Crippen LogP contribution in [0.1, 0.15) is 25.0 Å². The number of para-hydroxylation sites is 1. The first-order valence-corrected chi connectivity index (χ1v) is 15.8. The van der Waals surface area contributed by atoms with Crippen LogP contribution in [0.5, 0.6) is 17.2 Å². The van der Waals surface area contributed by atoms with Crippen molar-refractivity contribution in [2.24, 2.45) is 0 Å². The maximum Gasteiger partial charge on any atom is 0.338 e. The molecule has 0 N–H and O–H groups in total. The topological polar surface area (TPSA) is 61.8 Å². The third-order valence-electron chi connectivity index (χ3n) is 7.48. The highest BCUT2D eigenvalue weighted by molar-refractivity contribution is 7.75. The molecule has 214 valence electrons. The summed E-state index contributed by atoms with van der Waals surface area (Å²) in [6.07, 6.45) is 1.01. The van der Waals surface area contributed by atoms with Crippen LogP contribution in [0.25, 0.3) is 22.3 Å². The zero-order chi connectivity index (χ0) is 30.0. The van der Waals surface area contributed by atoms with Gasteiger partial charge >= 0.3 is 13.3 Å². The first-order chi connectivity index (χ1) is 20.9. The number of carbonyl (C=O) groups excluding carboxylic acids is 1. The minimum atomic E-state index is -3.77. The summed E-state index contributed by atoms with van der Waals surface area (Å²) in [5.41, 5.74) is 6.46. The number of fused-ring (bicyclic) bond motifs is 3. The molecule has 1 aliphatic heterocycles. The highest BCUT2D eigenvalue weighted by Gasteiger charge is 2.40. The molecule has 0 spiro atoms. The Balaban J connectivity index is 1.32. The van der Waals surface area contributed by atoms with E-state index in [1.54, 1.807) is 37.3 Å². The molecule has 0 fully saturated rings. The quantitative estimate of drug-likeness (QED) is 0.0793. The van der Waals surface area contributed by atoms with Crippen molar-refractivity contribution >= 4 is 23.9 Å². The summed E-state index contributed by atoms with van der Waals surface area (Å²) in [6, 6.07) is 36.7. The van der Waals surface area contributed by atoms with Crippen molar-refractivity contribution in [3.63, 3.8) is 0 Å². The van der Waals surface area contributed by atoms with E-state index >= 15 is 0 Å². The summed E-state index contributed by atoms with van der Waals surface area (Å²) >= 11 is 0. The van der Waals surface area contributed by atoms with Gasteiger partial charge in [-0.05, 0) is 71.5 Å². The Morgan fingerprint density at radius 3 is 2.07 bits per heavy atom.